The SMILES string of the molecule is CCOc1c(Cl)cc(C(=O)NCC2(C(=O)O)CC2)cc1OC. The van der Waals surface area contributed by atoms with Crippen molar-refractivity contribution in [2.75, 3.05) is 20.3 Å². The number of methoxy groups -OCH3 is 1. The van der Waals surface area contributed by atoms with E-state index in [0.29, 0.717) is 36.5 Å². The van der Waals surface area contributed by atoms with Crippen LogP contribution >= 0.6 is 11.6 Å². The van der Waals surface area contributed by atoms with Gasteiger partial charge in [0.1, 0.15) is 0 Å². The fraction of sp³-hybridized carbons (Fsp3) is 0.467. The Hall–Kier alpha value is -1.95. The van der Waals surface area contributed by atoms with Gasteiger partial charge in [0, 0.05) is 12.1 Å². The Balaban J connectivity index is 2.13. The van der Waals surface area contributed by atoms with Crippen molar-refractivity contribution < 1.29 is 24.2 Å². The van der Waals surface area contributed by atoms with Crippen LogP contribution in [0.3, 0.4) is 0 Å². The lowest BCUT2D eigenvalue weighted by atomic mass is 10.1. The van der Waals surface area contributed by atoms with Crippen LogP contribution in [0.25, 0.3) is 0 Å². The molecule has 1 aromatic carbocycles. The molecule has 1 saturated carbocycles. The number of carboxylic acids is 1. The smallest absolute Gasteiger partial charge is 0.311 e. The number of nitrogens with one attached hydrogen (secondary N) is 1. The molecule has 0 unspecified atom stereocenters. The summed E-state index contributed by atoms with van der Waals surface area (Å²) >= 11 is 6.11. The van der Waals surface area contributed by atoms with Crippen LogP contribution < -0.4 is 14.8 Å². The van der Waals surface area contributed by atoms with Crippen molar-refractivity contribution in [3.05, 3.63) is 22.7 Å². The summed E-state index contributed by atoms with van der Waals surface area (Å²) in [5, 5.41) is 12.0. The maximum absolute atomic E-state index is 12.2. The van der Waals surface area contributed by atoms with Gasteiger partial charge in [-0.2, -0.15) is 0 Å². The van der Waals surface area contributed by atoms with Crippen molar-refractivity contribution in [2.45, 2.75) is 19.8 Å². The van der Waals surface area contributed by atoms with Crippen molar-refractivity contribution in [1.29, 1.82) is 0 Å². The van der Waals surface area contributed by atoms with Gasteiger partial charge in [-0.1, -0.05) is 11.6 Å². The number of benzene rings is 1. The lowest BCUT2D eigenvalue weighted by Gasteiger charge is -2.14. The summed E-state index contributed by atoms with van der Waals surface area (Å²) < 4.78 is 10.6. The average molecular weight is 328 g/mol. The molecule has 7 heteroatoms. The molecule has 1 aliphatic rings. The molecular weight excluding hydrogens is 310 g/mol. The summed E-state index contributed by atoms with van der Waals surface area (Å²) in [6.07, 6.45) is 1.16. The van der Waals surface area contributed by atoms with Crippen LogP contribution in [-0.2, 0) is 4.79 Å². The Morgan fingerprint density at radius 2 is 2.09 bits per heavy atom. The molecule has 1 amide bonds. The summed E-state index contributed by atoms with van der Waals surface area (Å²) in [5.74, 6) is -0.530. The van der Waals surface area contributed by atoms with Crippen molar-refractivity contribution in [1.82, 2.24) is 5.32 Å². The van der Waals surface area contributed by atoms with Gasteiger partial charge in [-0.05, 0) is 31.9 Å². The van der Waals surface area contributed by atoms with E-state index < -0.39 is 17.3 Å². The number of hydrogen-bond donors (Lipinski definition) is 2. The summed E-state index contributed by atoms with van der Waals surface area (Å²) in [5.41, 5.74) is -0.513. The summed E-state index contributed by atoms with van der Waals surface area (Å²) in [7, 11) is 1.46. The number of ether oxygens (including phenoxy) is 2. The van der Waals surface area contributed by atoms with Crippen LogP contribution in [0.1, 0.15) is 30.1 Å². The number of halogens is 1. The Morgan fingerprint density at radius 3 is 2.59 bits per heavy atom. The molecule has 2 N–H and O–H groups in total. The van der Waals surface area contributed by atoms with Gasteiger partial charge < -0.3 is 19.9 Å². The molecule has 0 aliphatic heterocycles. The first-order valence-corrected chi connectivity index (χ1v) is 7.33. The van der Waals surface area contributed by atoms with E-state index in [2.05, 4.69) is 5.32 Å². The largest absolute Gasteiger partial charge is 0.493 e. The summed E-state index contributed by atoms with van der Waals surface area (Å²) in [6, 6.07) is 3.00. The molecule has 0 spiro atoms. The fourth-order valence-electron chi connectivity index (χ4n) is 2.10. The van der Waals surface area contributed by atoms with Crippen LogP contribution in [0.4, 0.5) is 0 Å². The molecule has 22 heavy (non-hydrogen) atoms. The molecular formula is C15H18ClNO5. The molecule has 0 heterocycles. The van der Waals surface area contributed by atoms with Crippen LogP contribution in [0.15, 0.2) is 12.1 Å². The molecule has 1 aliphatic carbocycles. The van der Waals surface area contributed by atoms with Gasteiger partial charge in [-0.3, -0.25) is 9.59 Å². The molecule has 0 atom stereocenters. The first-order valence-electron chi connectivity index (χ1n) is 6.95. The van der Waals surface area contributed by atoms with Gasteiger partial charge in [-0.15, -0.1) is 0 Å². The van der Waals surface area contributed by atoms with Crippen molar-refractivity contribution >= 4 is 23.5 Å². The number of aliphatic carboxylic acids is 1. The second kappa shape index (κ2) is 6.44. The van der Waals surface area contributed by atoms with E-state index >= 15 is 0 Å². The molecule has 0 bridgehead atoms. The number of carbonyl (C=O) groups is 2. The third-order valence-electron chi connectivity index (χ3n) is 3.67. The zero-order valence-electron chi connectivity index (χ0n) is 12.4. The van der Waals surface area contributed by atoms with Crippen LogP contribution in [-0.4, -0.2) is 37.2 Å². The zero-order valence-corrected chi connectivity index (χ0v) is 13.2. The van der Waals surface area contributed by atoms with Gasteiger partial charge in [0.2, 0.25) is 0 Å². The Morgan fingerprint density at radius 1 is 1.41 bits per heavy atom. The average Bonchev–Trinajstić information content (AvgIpc) is 3.28. The van der Waals surface area contributed by atoms with E-state index in [-0.39, 0.29) is 11.6 Å². The van der Waals surface area contributed by atoms with Gasteiger partial charge in [0.25, 0.3) is 5.91 Å². The standard InChI is InChI=1S/C15H18ClNO5/c1-3-22-12-10(16)6-9(7-11(12)21-2)13(18)17-8-15(4-5-15)14(19)20/h6-7H,3-5,8H2,1-2H3,(H,17,18)(H,19,20). The molecule has 0 saturated heterocycles. The van der Waals surface area contributed by atoms with E-state index in [0.717, 1.165) is 0 Å². The topological polar surface area (TPSA) is 84.9 Å². The van der Waals surface area contributed by atoms with Gasteiger partial charge in [-0.25, -0.2) is 0 Å². The minimum Gasteiger partial charge on any atom is -0.493 e. The maximum atomic E-state index is 12.2. The number of rotatable bonds is 7. The summed E-state index contributed by atoms with van der Waals surface area (Å²) in [6.45, 7) is 2.34. The zero-order chi connectivity index (χ0) is 16.3. The normalized spacial score (nSPS) is 15.0. The third kappa shape index (κ3) is 3.27. The van der Waals surface area contributed by atoms with Gasteiger partial charge >= 0.3 is 5.97 Å². The van der Waals surface area contributed by atoms with E-state index in [1.807, 2.05) is 6.92 Å². The monoisotopic (exact) mass is 327 g/mol. The highest BCUT2D eigenvalue weighted by Gasteiger charge is 2.50. The van der Waals surface area contributed by atoms with Crippen molar-refractivity contribution in [3.63, 3.8) is 0 Å². The highest BCUT2D eigenvalue weighted by atomic mass is 35.5. The van der Waals surface area contributed by atoms with Crippen LogP contribution in [0.2, 0.25) is 5.02 Å². The van der Waals surface area contributed by atoms with E-state index in [1.54, 1.807) is 0 Å². The minimum absolute atomic E-state index is 0.105. The van der Waals surface area contributed by atoms with E-state index in [9.17, 15) is 9.59 Å². The summed E-state index contributed by atoms with van der Waals surface area (Å²) in [4.78, 5) is 23.3. The Labute approximate surface area is 133 Å². The lowest BCUT2D eigenvalue weighted by molar-refractivity contribution is -0.143. The van der Waals surface area contributed by atoms with Crippen molar-refractivity contribution in [3.8, 4) is 11.5 Å². The molecule has 6 nitrogen and oxygen atoms in total. The lowest BCUT2D eigenvalue weighted by Crippen LogP contribution is -2.34. The number of hydrogen-bond acceptors (Lipinski definition) is 4. The molecule has 120 valence electrons. The molecule has 1 fully saturated rings. The van der Waals surface area contributed by atoms with Gasteiger partial charge in [0.05, 0.1) is 24.2 Å². The number of carbonyl (C=O) groups excluding carboxylic acids is 1. The predicted octanol–water partition coefficient (Wildman–Crippen LogP) is 2.34. The minimum atomic E-state index is -0.880. The van der Waals surface area contributed by atoms with Crippen molar-refractivity contribution in [2.24, 2.45) is 5.41 Å². The van der Waals surface area contributed by atoms with E-state index in [1.165, 1.54) is 19.2 Å². The van der Waals surface area contributed by atoms with E-state index in [4.69, 9.17) is 26.2 Å². The van der Waals surface area contributed by atoms with Crippen LogP contribution in [0, 0.1) is 5.41 Å². The Bertz CT molecular complexity index is 598. The highest BCUT2D eigenvalue weighted by Crippen LogP contribution is 2.45. The molecule has 0 radical (unpaired) electrons. The molecule has 0 aromatic heterocycles. The van der Waals surface area contributed by atoms with Crippen LogP contribution in [0.5, 0.6) is 11.5 Å². The second-order valence-electron chi connectivity index (χ2n) is 5.19. The fourth-order valence-corrected chi connectivity index (χ4v) is 2.37. The third-order valence-corrected chi connectivity index (χ3v) is 3.96. The highest BCUT2D eigenvalue weighted by molar-refractivity contribution is 6.32. The van der Waals surface area contributed by atoms with Gasteiger partial charge in [0.15, 0.2) is 11.5 Å². The number of amides is 1. The second-order valence-corrected chi connectivity index (χ2v) is 5.60. The maximum Gasteiger partial charge on any atom is 0.311 e. The predicted molar refractivity (Wildman–Crippen MR) is 80.8 cm³/mol. The molecule has 1 aromatic rings. The number of carboxylic acid groups (broad SMARTS) is 1. The molecule has 2 rings (SSSR count). The first-order chi connectivity index (χ1) is 10.4. The first kappa shape index (κ1) is 16.4. The quantitative estimate of drug-likeness (QED) is 0.803. The Kier molecular flexibility index (Phi) is 4.81.